The van der Waals surface area contributed by atoms with Crippen LogP contribution in [0.5, 0.6) is 0 Å². The fourth-order valence-corrected chi connectivity index (χ4v) is 4.15. The van der Waals surface area contributed by atoms with Gasteiger partial charge in [-0.15, -0.1) is 0 Å². The molecule has 0 spiro atoms. The summed E-state index contributed by atoms with van der Waals surface area (Å²) >= 11 is 0. The average Bonchev–Trinajstić information content (AvgIpc) is 3.39. The molecule has 1 aliphatic rings. The Morgan fingerprint density at radius 1 is 1.00 bits per heavy atom. The summed E-state index contributed by atoms with van der Waals surface area (Å²) in [5.41, 5.74) is 2.25. The van der Waals surface area contributed by atoms with Crippen molar-refractivity contribution in [1.82, 2.24) is 19.9 Å². The van der Waals surface area contributed by atoms with Gasteiger partial charge in [0.2, 0.25) is 0 Å². The van der Waals surface area contributed by atoms with E-state index in [0.717, 1.165) is 48.3 Å². The lowest BCUT2D eigenvalue weighted by molar-refractivity contribution is 0.0992. The number of piperazine rings is 1. The molecular weight excluding hydrogens is 421 g/mol. The summed E-state index contributed by atoms with van der Waals surface area (Å²) in [4.78, 5) is 30.2. The summed E-state index contributed by atoms with van der Waals surface area (Å²) in [6, 6.07) is 11.5. The smallest absolute Gasteiger partial charge is 0.181 e. The number of rotatable bonds is 7. The van der Waals surface area contributed by atoms with Crippen molar-refractivity contribution < 1.29 is 13.6 Å². The Morgan fingerprint density at radius 2 is 1.88 bits per heavy atom. The van der Waals surface area contributed by atoms with E-state index in [1.807, 2.05) is 30.3 Å². The van der Waals surface area contributed by atoms with Crippen molar-refractivity contribution in [2.45, 2.75) is 6.42 Å². The Labute approximate surface area is 190 Å². The Bertz CT molecular complexity index is 1250. The minimum atomic E-state index is -0.327. The van der Waals surface area contributed by atoms with Crippen molar-refractivity contribution in [2.24, 2.45) is 0 Å². The van der Waals surface area contributed by atoms with E-state index in [2.05, 4.69) is 24.8 Å². The molecule has 3 aromatic heterocycles. The quantitative estimate of drug-likeness (QED) is 0.401. The van der Waals surface area contributed by atoms with Gasteiger partial charge in [0, 0.05) is 67.3 Å². The third-order valence-corrected chi connectivity index (χ3v) is 6.00. The zero-order chi connectivity index (χ0) is 22.6. The van der Waals surface area contributed by atoms with Gasteiger partial charge < -0.3 is 9.32 Å². The molecule has 4 heterocycles. The molecule has 0 bridgehead atoms. The highest BCUT2D eigenvalue weighted by atomic mass is 19.1. The lowest BCUT2D eigenvalue weighted by atomic mass is 10.0. The molecule has 0 unspecified atom stereocenters. The van der Waals surface area contributed by atoms with Crippen LogP contribution in [0.1, 0.15) is 16.1 Å². The standard InChI is InChI=1S/C25H24FN5O2/c26-4-6-30-7-9-31(10-8-30)25-13-18(3-5-28-25)23(32)14-22-12-21-11-19(24-16-27-17-33-24)1-2-20(21)15-29-22/h1-3,5,11-13,15-17H,4,6-10,14H2. The zero-order valence-electron chi connectivity index (χ0n) is 18.2. The van der Waals surface area contributed by atoms with Gasteiger partial charge in [-0.1, -0.05) is 12.1 Å². The Balaban J connectivity index is 1.31. The van der Waals surface area contributed by atoms with Crippen LogP contribution in [-0.2, 0) is 6.42 Å². The normalized spacial score (nSPS) is 14.6. The molecule has 0 saturated carbocycles. The lowest BCUT2D eigenvalue weighted by Gasteiger charge is -2.35. The van der Waals surface area contributed by atoms with Crippen molar-refractivity contribution in [3.63, 3.8) is 0 Å². The molecule has 4 aromatic rings. The van der Waals surface area contributed by atoms with Crippen molar-refractivity contribution in [3.8, 4) is 11.3 Å². The van der Waals surface area contributed by atoms with Crippen molar-refractivity contribution in [1.29, 1.82) is 0 Å². The molecule has 168 valence electrons. The summed E-state index contributed by atoms with van der Waals surface area (Å²) in [5.74, 6) is 1.47. The topological polar surface area (TPSA) is 75.4 Å². The third-order valence-electron chi connectivity index (χ3n) is 6.00. The molecule has 0 N–H and O–H groups in total. The van der Waals surface area contributed by atoms with Crippen molar-refractivity contribution in [2.75, 3.05) is 44.3 Å². The van der Waals surface area contributed by atoms with Crippen LogP contribution in [-0.4, -0.2) is 65.0 Å². The summed E-state index contributed by atoms with van der Waals surface area (Å²) in [6.45, 7) is 3.27. The van der Waals surface area contributed by atoms with Gasteiger partial charge in [0.25, 0.3) is 0 Å². The monoisotopic (exact) mass is 445 g/mol. The molecule has 0 aliphatic carbocycles. The molecule has 0 atom stereocenters. The fraction of sp³-hybridized carbons (Fsp3) is 0.280. The maximum Gasteiger partial charge on any atom is 0.181 e. The van der Waals surface area contributed by atoms with Gasteiger partial charge in [-0.25, -0.2) is 14.4 Å². The molecule has 0 amide bonds. The molecular formula is C25H24FN5O2. The van der Waals surface area contributed by atoms with E-state index in [9.17, 15) is 9.18 Å². The van der Waals surface area contributed by atoms with Gasteiger partial charge in [-0.2, -0.15) is 0 Å². The number of Topliss-reactive ketones (excluding diaryl/α,β-unsaturated/α-hetero) is 1. The van der Waals surface area contributed by atoms with Gasteiger partial charge in [0.1, 0.15) is 12.5 Å². The minimum Gasteiger partial charge on any atom is -0.444 e. The minimum absolute atomic E-state index is 0.00652. The number of benzene rings is 1. The van der Waals surface area contributed by atoms with Crippen LogP contribution in [0.4, 0.5) is 10.2 Å². The summed E-state index contributed by atoms with van der Waals surface area (Å²) < 4.78 is 18.0. The molecule has 1 aromatic carbocycles. The first-order chi connectivity index (χ1) is 16.2. The Kier molecular flexibility index (Phi) is 6.08. The van der Waals surface area contributed by atoms with Crippen molar-refractivity contribution >= 4 is 22.4 Å². The number of halogens is 1. The van der Waals surface area contributed by atoms with Crippen LogP contribution >= 0.6 is 0 Å². The molecule has 5 rings (SSSR count). The number of oxazole rings is 1. The van der Waals surface area contributed by atoms with Crippen LogP contribution in [0.2, 0.25) is 0 Å². The second kappa shape index (κ2) is 9.46. The number of carbonyl (C=O) groups is 1. The van der Waals surface area contributed by atoms with Gasteiger partial charge >= 0.3 is 0 Å². The first-order valence-electron chi connectivity index (χ1n) is 11.0. The second-order valence-electron chi connectivity index (χ2n) is 8.12. The van der Waals surface area contributed by atoms with Gasteiger partial charge in [-0.3, -0.25) is 14.7 Å². The first kappa shape index (κ1) is 21.2. The van der Waals surface area contributed by atoms with Crippen LogP contribution in [0.15, 0.2) is 65.8 Å². The lowest BCUT2D eigenvalue weighted by Crippen LogP contribution is -2.47. The molecule has 33 heavy (non-hydrogen) atoms. The second-order valence-corrected chi connectivity index (χ2v) is 8.12. The zero-order valence-corrected chi connectivity index (χ0v) is 18.2. The Morgan fingerprint density at radius 3 is 2.67 bits per heavy atom. The summed E-state index contributed by atoms with van der Waals surface area (Å²) in [6.07, 6.45) is 6.75. The van der Waals surface area contributed by atoms with Crippen LogP contribution in [0.3, 0.4) is 0 Å². The summed E-state index contributed by atoms with van der Waals surface area (Å²) in [5, 5.41) is 1.98. The third kappa shape index (κ3) is 4.75. The number of alkyl halides is 1. The highest BCUT2D eigenvalue weighted by Crippen LogP contribution is 2.25. The largest absolute Gasteiger partial charge is 0.444 e. The highest BCUT2D eigenvalue weighted by Gasteiger charge is 2.19. The number of anilines is 1. The Hall–Kier alpha value is -3.65. The van der Waals surface area contributed by atoms with E-state index in [-0.39, 0.29) is 18.9 Å². The molecule has 7 nitrogen and oxygen atoms in total. The average molecular weight is 445 g/mol. The number of aromatic nitrogens is 3. The van der Waals surface area contributed by atoms with Gasteiger partial charge in [0.05, 0.1) is 12.6 Å². The van der Waals surface area contributed by atoms with E-state index >= 15 is 0 Å². The van der Waals surface area contributed by atoms with E-state index in [4.69, 9.17) is 4.42 Å². The van der Waals surface area contributed by atoms with Crippen LogP contribution in [0.25, 0.3) is 22.1 Å². The van der Waals surface area contributed by atoms with Crippen LogP contribution in [0, 0.1) is 0 Å². The van der Waals surface area contributed by atoms with Gasteiger partial charge in [0.15, 0.2) is 17.9 Å². The van der Waals surface area contributed by atoms with E-state index in [0.29, 0.717) is 23.6 Å². The molecule has 1 fully saturated rings. The maximum absolute atomic E-state index is 13.0. The number of fused-ring (bicyclic) bond motifs is 1. The van der Waals surface area contributed by atoms with Crippen LogP contribution < -0.4 is 4.90 Å². The maximum atomic E-state index is 13.0. The number of ketones is 1. The number of pyridine rings is 2. The molecule has 0 radical (unpaired) electrons. The number of hydrogen-bond donors (Lipinski definition) is 0. The first-order valence-corrected chi connectivity index (χ1v) is 11.0. The molecule has 1 saturated heterocycles. The molecule has 8 heteroatoms. The fourth-order valence-electron chi connectivity index (χ4n) is 4.15. The predicted octanol–water partition coefficient (Wildman–Crippen LogP) is 3.80. The van der Waals surface area contributed by atoms with E-state index in [1.54, 1.807) is 24.7 Å². The highest BCUT2D eigenvalue weighted by molar-refractivity contribution is 5.98. The number of nitrogens with zero attached hydrogens (tertiary/aromatic N) is 5. The predicted molar refractivity (Wildman–Crippen MR) is 124 cm³/mol. The van der Waals surface area contributed by atoms with E-state index in [1.165, 1.54) is 6.39 Å². The van der Waals surface area contributed by atoms with E-state index < -0.39 is 0 Å². The number of hydrogen-bond acceptors (Lipinski definition) is 7. The van der Waals surface area contributed by atoms with Gasteiger partial charge in [-0.05, 0) is 29.7 Å². The SMILES string of the molecule is O=C(Cc1cc2cc(-c3cnco3)ccc2cn1)c1ccnc(N2CCN(CCF)CC2)c1. The number of carbonyl (C=O) groups excluding carboxylic acids is 1. The molecule has 1 aliphatic heterocycles. The van der Waals surface area contributed by atoms with Crippen molar-refractivity contribution in [3.05, 3.63) is 72.6 Å². The summed E-state index contributed by atoms with van der Waals surface area (Å²) in [7, 11) is 0.